The Balaban J connectivity index is 1.28. The van der Waals surface area contributed by atoms with Gasteiger partial charge in [-0.25, -0.2) is 4.98 Å². The first-order valence-corrected chi connectivity index (χ1v) is 15.4. The van der Waals surface area contributed by atoms with Crippen molar-refractivity contribution in [1.82, 2.24) is 9.66 Å². The molecule has 1 aliphatic heterocycles. The lowest BCUT2D eigenvalue weighted by Gasteiger charge is -2.16. The van der Waals surface area contributed by atoms with Gasteiger partial charge in [0.05, 0.1) is 23.7 Å². The summed E-state index contributed by atoms with van der Waals surface area (Å²) in [4.78, 5) is 18.5. The molecule has 0 radical (unpaired) electrons. The number of hydrogen-bond donors (Lipinski definition) is 0. The zero-order chi connectivity index (χ0) is 31.1. The maximum absolute atomic E-state index is 13.7. The summed E-state index contributed by atoms with van der Waals surface area (Å²) in [5, 5.41) is 6.58. The predicted octanol–water partition coefficient (Wildman–Crippen LogP) is 8.47. The maximum Gasteiger partial charge on any atom is 0.282 e. The smallest absolute Gasteiger partial charge is 0.282 e. The lowest BCUT2D eigenvalue weighted by molar-refractivity contribution is 0.174. The van der Waals surface area contributed by atoms with Crippen LogP contribution in [0, 0.1) is 0 Å². The molecule has 2 aromatic heterocycles. The van der Waals surface area contributed by atoms with Gasteiger partial charge in [0.25, 0.3) is 5.56 Å². The largest absolute Gasteiger partial charge is 0.490 e. The molecular formula is C33H22BrCl2N3O6. The van der Waals surface area contributed by atoms with E-state index < -0.39 is 0 Å². The molecule has 1 aliphatic rings. The molecule has 0 spiro atoms. The second-order valence-electron chi connectivity index (χ2n) is 9.94. The summed E-state index contributed by atoms with van der Waals surface area (Å²) in [6.07, 6.45) is 1.50. The fraction of sp³-hybridized carbons (Fsp3) is 0.121. The van der Waals surface area contributed by atoms with Crippen molar-refractivity contribution >= 4 is 67.2 Å². The highest BCUT2D eigenvalue weighted by molar-refractivity contribution is 9.10. The first kappa shape index (κ1) is 29.2. The third-order valence-electron chi connectivity index (χ3n) is 7.04. The molecule has 45 heavy (non-hydrogen) atoms. The molecule has 9 nitrogen and oxygen atoms in total. The summed E-state index contributed by atoms with van der Waals surface area (Å²) in [7, 11) is 0. The molecule has 0 fully saturated rings. The lowest BCUT2D eigenvalue weighted by Crippen LogP contribution is -2.20. The van der Waals surface area contributed by atoms with Gasteiger partial charge >= 0.3 is 0 Å². The van der Waals surface area contributed by atoms with Gasteiger partial charge in [0.15, 0.2) is 28.8 Å². The van der Waals surface area contributed by atoms with Crippen LogP contribution in [0.3, 0.4) is 0 Å². The molecule has 0 aliphatic carbocycles. The summed E-state index contributed by atoms with van der Waals surface area (Å²) in [6.45, 7) is 2.62. The number of halogens is 3. The van der Waals surface area contributed by atoms with Gasteiger partial charge in [-0.3, -0.25) is 4.79 Å². The van der Waals surface area contributed by atoms with Crippen LogP contribution < -0.4 is 24.5 Å². The summed E-state index contributed by atoms with van der Waals surface area (Å²) in [5.41, 5.74) is 2.14. The maximum atomic E-state index is 13.7. The van der Waals surface area contributed by atoms with Crippen LogP contribution in [-0.2, 0) is 6.61 Å². The third-order valence-corrected chi connectivity index (χ3v) is 8.72. The monoisotopic (exact) mass is 705 g/mol. The van der Waals surface area contributed by atoms with Crippen LogP contribution in [0.25, 0.3) is 33.5 Å². The molecule has 3 heterocycles. The molecule has 0 saturated heterocycles. The summed E-state index contributed by atoms with van der Waals surface area (Å²) in [5.74, 6) is 2.68. The van der Waals surface area contributed by atoms with Crippen LogP contribution in [0.4, 0.5) is 0 Å². The van der Waals surface area contributed by atoms with Gasteiger partial charge < -0.3 is 23.4 Å². The number of rotatable bonds is 8. The van der Waals surface area contributed by atoms with Crippen molar-refractivity contribution in [3.63, 3.8) is 0 Å². The predicted molar refractivity (Wildman–Crippen MR) is 176 cm³/mol. The number of hydrogen-bond acceptors (Lipinski definition) is 8. The zero-order valence-corrected chi connectivity index (χ0v) is 26.6. The average molecular weight is 707 g/mol. The average Bonchev–Trinajstić information content (AvgIpc) is 3.69. The van der Waals surface area contributed by atoms with E-state index in [2.05, 4.69) is 21.0 Å². The van der Waals surface area contributed by atoms with Gasteiger partial charge in [-0.2, -0.15) is 9.78 Å². The molecule has 0 amide bonds. The molecule has 0 bridgehead atoms. The Labute approximate surface area is 274 Å². The highest BCUT2D eigenvalue weighted by atomic mass is 79.9. The number of aromatic nitrogens is 2. The van der Waals surface area contributed by atoms with E-state index in [4.69, 9.17) is 51.6 Å². The molecule has 226 valence electrons. The van der Waals surface area contributed by atoms with Crippen LogP contribution in [0.15, 0.2) is 91.6 Å². The van der Waals surface area contributed by atoms with Gasteiger partial charge in [-0.1, -0.05) is 41.4 Å². The highest BCUT2D eigenvalue weighted by Crippen LogP contribution is 2.43. The standard InChI is InChI=1S/C33H22BrCl2N3O6/c1-2-41-27-14-20(29(34)30(36)31(27)42-16-18-7-9-25-26(11-18)44-17-43-25)15-37-39-32(38-23-6-4-3-5-22(23)33(39)40)28-13-19-12-21(35)8-10-24(19)45-28/h3-15H,2,16-17H2,1H3. The number of fused-ring (bicyclic) bond motifs is 3. The second kappa shape index (κ2) is 12.1. The molecule has 12 heteroatoms. The number of nitrogens with zero attached hydrogens (tertiary/aromatic N) is 3. The quantitative estimate of drug-likeness (QED) is 0.147. The first-order chi connectivity index (χ1) is 21.9. The minimum Gasteiger partial charge on any atom is -0.490 e. The Hall–Kier alpha value is -4.51. The zero-order valence-electron chi connectivity index (χ0n) is 23.6. The molecule has 4 aromatic carbocycles. The van der Waals surface area contributed by atoms with Gasteiger partial charge in [-0.15, -0.1) is 0 Å². The number of para-hydroxylation sites is 1. The van der Waals surface area contributed by atoms with Crippen molar-refractivity contribution in [3.8, 4) is 34.6 Å². The minimum atomic E-state index is -0.374. The molecule has 0 N–H and O–H groups in total. The van der Waals surface area contributed by atoms with E-state index >= 15 is 0 Å². The fourth-order valence-corrected chi connectivity index (χ4v) is 5.75. The van der Waals surface area contributed by atoms with E-state index in [-0.39, 0.29) is 29.8 Å². The Bertz CT molecular complexity index is 2200. The second-order valence-corrected chi connectivity index (χ2v) is 11.5. The van der Waals surface area contributed by atoms with Gasteiger partial charge in [0, 0.05) is 20.4 Å². The van der Waals surface area contributed by atoms with E-state index in [1.165, 1.54) is 10.9 Å². The van der Waals surface area contributed by atoms with Crippen molar-refractivity contribution in [2.75, 3.05) is 13.4 Å². The number of ether oxygens (including phenoxy) is 4. The van der Waals surface area contributed by atoms with E-state index in [9.17, 15) is 4.79 Å². The van der Waals surface area contributed by atoms with Crippen LogP contribution in [0.2, 0.25) is 10.0 Å². The molecule has 0 unspecified atom stereocenters. The van der Waals surface area contributed by atoms with Crippen molar-refractivity contribution in [1.29, 1.82) is 0 Å². The third kappa shape index (κ3) is 5.61. The minimum absolute atomic E-state index is 0.186. The first-order valence-electron chi connectivity index (χ1n) is 13.8. The molecule has 0 atom stereocenters. The summed E-state index contributed by atoms with van der Waals surface area (Å²) < 4.78 is 30.7. The van der Waals surface area contributed by atoms with Crippen molar-refractivity contribution in [3.05, 3.63) is 109 Å². The molecular weight excluding hydrogens is 685 g/mol. The van der Waals surface area contributed by atoms with E-state index in [0.717, 1.165) is 10.9 Å². The van der Waals surface area contributed by atoms with Crippen molar-refractivity contribution in [2.24, 2.45) is 5.10 Å². The molecule has 7 rings (SSSR count). The SMILES string of the molecule is CCOc1cc(C=Nn2c(-c3cc4cc(Cl)ccc4o3)nc3ccccc3c2=O)c(Br)c(Cl)c1OCc1ccc2c(c1)OCO2. The van der Waals surface area contributed by atoms with Gasteiger partial charge in [-0.05, 0) is 83.0 Å². The number of benzene rings is 4. The fourth-order valence-electron chi connectivity index (χ4n) is 4.92. The Morgan fingerprint density at radius 2 is 1.87 bits per heavy atom. The Morgan fingerprint density at radius 3 is 2.73 bits per heavy atom. The lowest BCUT2D eigenvalue weighted by atomic mass is 10.2. The Morgan fingerprint density at radius 1 is 1.02 bits per heavy atom. The van der Waals surface area contributed by atoms with Gasteiger partial charge in [0.2, 0.25) is 12.6 Å². The molecule has 6 aromatic rings. The highest BCUT2D eigenvalue weighted by Gasteiger charge is 2.20. The summed E-state index contributed by atoms with van der Waals surface area (Å²) >= 11 is 16.6. The van der Waals surface area contributed by atoms with Crippen LogP contribution >= 0.6 is 39.1 Å². The number of furan rings is 1. The van der Waals surface area contributed by atoms with E-state index in [1.54, 1.807) is 48.5 Å². The summed E-state index contributed by atoms with van der Waals surface area (Å²) in [6, 6.07) is 21.4. The van der Waals surface area contributed by atoms with Gasteiger partial charge in [0.1, 0.15) is 17.2 Å². The van der Waals surface area contributed by atoms with E-state index in [1.807, 2.05) is 31.2 Å². The Kier molecular flexibility index (Phi) is 7.87. The molecule has 0 saturated carbocycles. The van der Waals surface area contributed by atoms with Crippen LogP contribution in [0.1, 0.15) is 18.1 Å². The van der Waals surface area contributed by atoms with Crippen LogP contribution in [-0.4, -0.2) is 29.3 Å². The van der Waals surface area contributed by atoms with Crippen LogP contribution in [0.5, 0.6) is 23.0 Å². The topological polar surface area (TPSA) is 97.3 Å². The normalized spacial score (nSPS) is 12.4. The van der Waals surface area contributed by atoms with Crippen molar-refractivity contribution < 1.29 is 23.4 Å². The van der Waals surface area contributed by atoms with E-state index in [0.29, 0.717) is 66.9 Å². The van der Waals surface area contributed by atoms with Crippen molar-refractivity contribution in [2.45, 2.75) is 13.5 Å².